The summed E-state index contributed by atoms with van der Waals surface area (Å²) < 4.78 is 5.18. The molecule has 110 valence electrons. The molecule has 2 atom stereocenters. The number of ether oxygens (including phenoxy) is 1. The molecule has 0 spiro atoms. The van der Waals surface area contributed by atoms with Crippen molar-refractivity contribution in [2.75, 3.05) is 20.2 Å². The van der Waals surface area contributed by atoms with Crippen molar-refractivity contribution in [2.45, 2.75) is 44.3 Å². The Kier molecular flexibility index (Phi) is 3.85. The summed E-state index contributed by atoms with van der Waals surface area (Å²) in [5.41, 5.74) is 1.16. The van der Waals surface area contributed by atoms with Crippen molar-refractivity contribution in [1.29, 1.82) is 0 Å². The molecular weight excluding hydrogens is 252 g/mol. The predicted octanol–water partition coefficient (Wildman–Crippen LogP) is 2.29. The summed E-state index contributed by atoms with van der Waals surface area (Å²) in [6.45, 7) is 4.57. The van der Waals surface area contributed by atoms with Crippen molar-refractivity contribution in [2.24, 2.45) is 0 Å². The van der Waals surface area contributed by atoms with Crippen LogP contribution in [0.15, 0.2) is 18.2 Å². The Morgan fingerprint density at radius 2 is 2.15 bits per heavy atom. The zero-order valence-electron chi connectivity index (χ0n) is 12.3. The molecule has 1 aromatic rings. The smallest absolute Gasteiger partial charge is 0.160 e. The van der Waals surface area contributed by atoms with Gasteiger partial charge in [-0.25, -0.2) is 0 Å². The number of hydrogen-bond acceptors (Lipinski definition) is 4. The van der Waals surface area contributed by atoms with Crippen LogP contribution >= 0.6 is 0 Å². The number of aromatic hydroxyl groups is 1. The van der Waals surface area contributed by atoms with Crippen LogP contribution in [0.4, 0.5) is 0 Å². The summed E-state index contributed by atoms with van der Waals surface area (Å²) in [7, 11) is 1.58. The van der Waals surface area contributed by atoms with Gasteiger partial charge < -0.3 is 15.2 Å². The molecule has 0 amide bonds. The second-order valence-electron chi connectivity index (χ2n) is 6.03. The second-order valence-corrected chi connectivity index (χ2v) is 6.03. The van der Waals surface area contributed by atoms with Gasteiger partial charge in [0, 0.05) is 31.2 Å². The van der Waals surface area contributed by atoms with Crippen molar-refractivity contribution >= 4 is 0 Å². The summed E-state index contributed by atoms with van der Waals surface area (Å²) in [5.74, 6) is 0.742. The predicted molar refractivity (Wildman–Crippen MR) is 79.2 cm³/mol. The molecule has 0 aromatic heterocycles. The Morgan fingerprint density at radius 3 is 2.85 bits per heavy atom. The third-order valence-electron chi connectivity index (χ3n) is 4.47. The summed E-state index contributed by atoms with van der Waals surface area (Å²) in [6.07, 6.45) is 4.00. The van der Waals surface area contributed by atoms with E-state index in [1.807, 2.05) is 12.1 Å². The minimum Gasteiger partial charge on any atom is -0.504 e. The van der Waals surface area contributed by atoms with Gasteiger partial charge in [-0.3, -0.25) is 4.90 Å². The van der Waals surface area contributed by atoms with Gasteiger partial charge in [0.1, 0.15) is 0 Å². The van der Waals surface area contributed by atoms with Crippen LogP contribution in [0.2, 0.25) is 0 Å². The van der Waals surface area contributed by atoms with E-state index in [-0.39, 0.29) is 11.8 Å². The lowest BCUT2D eigenvalue weighted by Crippen LogP contribution is -2.34. The van der Waals surface area contributed by atoms with Crippen LogP contribution < -0.4 is 10.1 Å². The highest BCUT2D eigenvalue weighted by molar-refractivity contribution is 5.42. The fourth-order valence-electron chi connectivity index (χ4n) is 3.11. The second kappa shape index (κ2) is 5.62. The molecule has 2 N–H and O–H groups in total. The maximum absolute atomic E-state index is 9.65. The highest BCUT2D eigenvalue weighted by atomic mass is 16.5. The Bertz CT molecular complexity index is 474. The van der Waals surface area contributed by atoms with E-state index in [1.165, 1.54) is 32.4 Å². The van der Waals surface area contributed by atoms with E-state index in [9.17, 15) is 5.11 Å². The number of hydrogen-bond donors (Lipinski definition) is 2. The van der Waals surface area contributed by atoms with Crippen LogP contribution in [-0.4, -0.2) is 42.3 Å². The fourth-order valence-corrected chi connectivity index (χ4v) is 3.11. The molecule has 0 radical (unpaired) electrons. The maximum atomic E-state index is 9.65. The largest absolute Gasteiger partial charge is 0.504 e. The van der Waals surface area contributed by atoms with Crippen molar-refractivity contribution in [3.05, 3.63) is 23.8 Å². The molecule has 1 heterocycles. The minimum atomic E-state index is 0.198. The summed E-state index contributed by atoms with van der Waals surface area (Å²) in [5, 5.41) is 13.4. The van der Waals surface area contributed by atoms with E-state index in [0.717, 1.165) is 11.6 Å². The van der Waals surface area contributed by atoms with E-state index >= 15 is 0 Å². The van der Waals surface area contributed by atoms with Crippen LogP contribution in [0.3, 0.4) is 0 Å². The fraction of sp³-hybridized carbons (Fsp3) is 0.625. The molecule has 3 rings (SSSR count). The molecule has 1 aromatic carbocycles. The Balaban J connectivity index is 1.59. The van der Waals surface area contributed by atoms with Gasteiger partial charge in [-0.1, -0.05) is 6.07 Å². The summed E-state index contributed by atoms with van der Waals surface area (Å²) in [4.78, 5) is 2.61. The average Bonchev–Trinajstić information content (AvgIpc) is 3.20. The van der Waals surface area contributed by atoms with Crippen molar-refractivity contribution in [3.8, 4) is 11.5 Å². The highest BCUT2D eigenvalue weighted by Crippen LogP contribution is 2.31. The number of likely N-dealkylation sites (tertiary alicyclic amines) is 1. The van der Waals surface area contributed by atoms with Crippen molar-refractivity contribution in [3.63, 3.8) is 0 Å². The van der Waals surface area contributed by atoms with Crippen LogP contribution in [0.1, 0.15) is 37.8 Å². The normalized spacial score (nSPS) is 24.8. The van der Waals surface area contributed by atoms with Gasteiger partial charge >= 0.3 is 0 Å². The molecule has 2 fully saturated rings. The first kappa shape index (κ1) is 13.7. The number of phenols is 1. The third kappa shape index (κ3) is 2.91. The molecule has 4 heteroatoms. The van der Waals surface area contributed by atoms with Crippen LogP contribution in [0.25, 0.3) is 0 Å². The van der Waals surface area contributed by atoms with Gasteiger partial charge in [0.25, 0.3) is 0 Å². The van der Waals surface area contributed by atoms with Gasteiger partial charge in [-0.05, 0) is 43.9 Å². The molecule has 0 bridgehead atoms. The topological polar surface area (TPSA) is 44.7 Å². The van der Waals surface area contributed by atoms with E-state index in [0.29, 0.717) is 11.8 Å². The van der Waals surface area contributed by atoms with Gasteiger partial charge in [0.15, 0.2) is 11.5 Å². The summed E-state index contributed by atoms with van der Waals surface area (Å²) >= 11 is 0. The third-order valence-corrected chi connectivity index (χ3v) is 4.47. The lowest BCUT2D eigenvalue weighted by atomic mass is 10.1. The lowest BCUT2D eigenvalue weighted by Gasteiger charge is -2.21. The van der Waals surface area contributed by atoms with E-state index in [2.05, 4.69) is 17.1 Å². The Morgan fingerprint density at radius 1 is 1.35 bits per heavy atom. The van der Waals surface area contributed by atoms with Crippen LogP contribution in [-0.2, 0) is 0 Å². The minimum absolute atomic E-state index is 0.198. The van der Waals surface area contributed by atoms with Gasteiger partial charge in [-0.2, -0.15) is 0 Å². The van der Waals surface area contributed by atoms with Crippen molar-refractivity contribution in [1.82, 2.24) is 10.2 Å². The first-order chi connectivity index (χ1) is 9.67. The number of methoxy groups -OCH3 is 1. The molecule has 2 aliphatic rings. The molecule has 1 saturated heterocycles. The molecule has 4 nitrogen and oxygen atoms in total. The van der Waals surface area contributed by atoms with E-state index in [1.54, 1.807) is 13.2 Å². The number of rotatable bonds is 5. The number of phenolic OH excluding ortho intramolecular Hbond substituents is 1. The van der Waals surface area contributed by atoms with Crippen LogP contribution in [0.5, 0.6) is 11.5 Å². The summed E-state index contributed by atoms with van der Waals surface area (Å²) in [6, 6.07) is 7.30. The SMILES string of the molecule is COc1cc(C(C)NC2CCN(C3CC3)C2)ccc1O. The monoisotopic (exact) mass is 276 g/mol. The molecule has 1 aliphatic carbocycles. The molecular formula is C16H24N2O2. The molecule has 20 heavy (non-hydrogen) atoms. The zero-order valence-corrected chi connectivity index (χ0v) is 12.3. The Hall–Kier alpha value is -1.26. The van der Waals surface area contributed by atoms with Gasteiger partial charge in [0.2, 0.25) is 0 Å². The number of nitrogens with one attached hydrogen (secondary N) is 1. The van der Waals surface area contributed by atoms with Gasteiger partial charge in [-0.15, -0.1) is 0 Å². The average molecular weight is 276 g/mol. The standard InChI is InChI=1S/C16H24N2O2/c1-11(12-3-6-15(19)16(9-12)20-2)17-13-7-8-18(10-13)14-4-5-14/h3,6,9,11,13-14,17,19H,4-5,7-8,10H2,1-2H3. The molecule has 2 unspecified atom stereocenters. The maximum Gasteiger partial charge on any atom is 0.160 e. The number of nitrogens with zero attached hydrogens (tertiary/aromatic N) is 1. The molecule has 1 saturated carbocycles. The first-order valence-corrected chi connectivity index (χ1v) is 7.54. The quantitative estimate of drug-likeness (QED) is 0.866. The molecule has 1 aliphatic heterocycles. The highest BCUT2D eigenvalue weighted by Gasteiger charge is 2.34. The van der Waals surface area contributed by atoms with E-state index < -0.39 is 0 Å². The van der Waals surface area contributed by atoms with E-state index in [4.69, 9.17) is 4.74 Å². The number of benzene rings is 1. The van der Waals surface area contributed by atoms with Crippen molar-refractivity contribution < 1.29 is 9.84 Å². The van der Waals surface area contributed by atoms with Crippen LogP contribution in [0, 0.1) is 0 Å². The Labute approximate surface area is 120 Å². The first-order valence-electron chi connectivity index (χ1n) is 7.54. The lowest BCUT2D eigenvalue weighted by molar-refractivity contribution is 0.313. The zero-order chi connectivity index (χ0) is 14.1. The van der Waals surface area contributed by atoms with Gasteiger partial charge in [0.05, 0.1) is 7.11 Å².